The maximum absolute atomic E-state index is 12.5. The van der Waals surface area contributed by atoms with Gasteiger partial charge in [0, 0.05) is 6.42 Å². The summed E-state index contributed by atoms with van der Waals surface area (Å²) in [6.45, 7) is 11.5. The van der Waals surface area contributed by atoms with Gasteiger partial charge in [-0.25, -0.2) is 0 Å². The highest BCUT2D eigenvalue weighted by Crippen LogP contribution is 2.14. The maximum Gasteiger partial charge on any atom is 0.205 e. The molecule has 0 spiro atoms. The van der Waals surface area contributed by atoms with E-state index in [0.29, 0.717) is 6.42 Å². The van der Waals surface area contributed by atoms with Crippen molar-refractivity contribution in [2.75, 3.05) is 19.6 Å². The highest BCUT2D eigenvalue weighted by Gasteiger charge is 2.34. The van der Waals surface area contributed by atoms with E-state index in [-0.39, 0.29) is 11.9 Å². The lowest BCUT2D eigenvalue weighted by atomic mass is 10.0. The Balaban J connectivity index is 3.61. The fourth-order valence-electron chi connectivity index (χ4n) is 4.08. The minimum atomic E-state index is -0.336. The van der Waals surface area contributed by atoms with Gasteiger partial charge in [0.15, 0.2) is 0 Å². The SMILES string of the molecule is CCCCCCCC/C=C\CCCCCCCC(=O)C(N)[N+](CC)(CC)CC. The molecule has 0 rings (SSSR count). The number of hydrogen-bond acceptors (Lipinski definition) is 2. The quantitative estimate of drug-likeness (QED) is 0.107. The van der Waals surface area contributed by atoms with Crippen LogP contribution in [0.15, 0.2) is 12.2 Å². The Labute approximate surface area is 176 Å². The van der Waals surface area contributed by atoms with Gasteiger partial charge in [0.25, 0.3) is 0 Å². The second-order valence-corrected chi connectivity index (χ2v) is 8.41. The summed E-state index contributed by atoms with van der Waals surface area (Å²) in [4.78, 5) is 12.5. The molecule has 1 unspecified atom stereocenters. The van der Waals surface area contributed by atoms with Crippen molar-refractivity contribution >= 4 is 5.78 Å². The fourth-order valence-corrected chi connectivity index (χ4v) is 4.08. The van der Waals surface area contributed by atoms with E-state index in [1.165, 1.54) is 70.6 Å². The van der Waals surface area contributed by atoms with Crippen molar-refractivity contribution in [2.45, 2.75) is 124 Å². The zero-order valence-corrected chi connectivity index (χ0v) is 19.7. The molecule has 2 N–H and O–H groups in total. The lowest BCUT2D eigenvalue weighted by molar-refractivity contribution is -0.937. The minimum absolute atomic E-state index is 0.253. The van der Waals surface area contributed by atoms with Crippen LogP contribution in [0.5, 0.6) is 0 Å². The van der Waals surface area contributed by atoms with Gasteiger partial charge in [0.05, 0.1) is 19.6 Å². The second kappa shape index (κ2) is 18.4. The summed E-state index contributed by atoms with van der Waals surface area (Å²) in [5.74, 6) is 0.253. The first-order chi connectivity index (χ1) is 13.6. The Morgan fingerprint density at radius 3 is 1.61 bits per heavy atom. The third-order valence-corrected chi connectivity index (χ3v) is 6.49. The van der Waals surface area contributed by atoms with Gasteiger partial charge >= 0.3 is 0 Å². The van der Waals surface area contributed by atoms with E-state index >= 15 is 0 Å². The molecule has 0 fully saturated rings. The predicted octanol–water partition coefficient (Wildman–Crippen LogP) is 6.75. The van der Waals surface area contributed by atoms with Crippen LogP contribution in [0.1, 0.15) is 118 Å². The largest absolute Gasteiger partial charge is 0.303 e. The summed E-state index contributed by atoms with van der Waals surface area (Å²) >= 11 is 0. The number of Topliss-reactive ketones (excluding diaryl/α,β-unsaturated/α-hetero) is 1. The number of rotatable bonds is 20. The summed E-state index contributed by atoms with van der Waals surface area (Å²) in [7, 11) is 0. The van der Waals surface area contributed by atoms with Crippen molar-refractivity contribution in [2.24, 2.45) is 5.73 Å². The Kier molecular flexibility index (Phi) is 17.9. The molecular weight excluding hydrogens is 344 g/mol. The van der Waals surface area contributed by atoms with E-state index in [0.717, 1.165) is 37.0 Å². The number of hydrogen-bond donors (Lipinski definition) is 1. The second-order valence-electron chi connectivity index (χ2n) is 8.41. The van der Waals surface area contributed by atoms with Gasteiger partial charge in [-0.05, 0) is 52.9 Å². The minimum Gasteiger partial charge on any atom is -0.303 e. The number of allylic oxidation sites excluding steroid dienone is 2. The van der Waals surface area contributed by atoms with Crippen LogP contribution in [0, 0.1) is 0 Å². The molecule has 1 atom stereocenters. The van der Waals surface area contributed by atoms with Crippen molar-refractivity contribution in [3.05, 3.63) is 12.2 Å². The van der Waals surface area contributed by atoms with Crippen LogP contribution in [0.2, 0.25) is 0 Å². The van der Waals surface area contributed by atoms with Crippen LogP contribution in [0.25, 0.3) is 0 Å². The molecule has 0 amide bonds. The Morgan fingerprint density at radius 1 is 0.714 bits per heavy atom. The summed E-state index contributed by atoms with van der Waals surface area (Å²) in [5.41, 5.74) is 6.30. The lowest BCUT2D eigenvalue weighted by Crippen LogP contribution is -2.62. The molecule has 0 heterocycles. The molecule has 3 heteroatoms. The van der Waals surface area contributed by atoms with Crippen molar-refractivity contribution < 1.29 is 9.28 Å². The Morgan fingerprint density at radius 2 is 1.14 bits per heavy atom. The number of quaternary nitrogens is 1. The number of likely N-dealkylation sites (N-methyl/N-ethyl adjacent to an activating group) is 1. The van der Waals surface area contributed by atoms with Crippen molar-refractivity contribution in [3.8, 4) is 0 Å². The van der Waals surface area contributed by atoms with Gasteiger partial charge in [-0.2, -0.15) is 0 Å². The third-order valence-electron chi connectivity index (χ3n) is 6.49. The first kappa shape index (κ1) is 27.3. The van der Waals surface area contributed by atoms with Crippen molar-refractivity contribution in [1.29, 1.82) is 0 Å². The predicted molar refractivity (Wildman–Crippen MR) is 124 cm³/mol. The molecule has 0 radical (unpaired) electrons. The highest BCUT2D eigenvalue weighted by atomic mass is 16.1. The van der Waals surface area contributed by atoms with Crippen LogP contribution in [0.4, 0.5) is 0 Å². The summed E-state index contributed by atoms with van der Waals surface area (Å²) in [6.07, 6.45) is 21.8. The molecule has 0 saturated heterocycles. The lowest BCUT2D eigenvalue weighted by Gasteiger charge is -2.40. The number of carbonyl (C=O) groups is 1. The maximum atomic E-state index is 12.5. The molecular formula is C25H51N2O+. The van der Waals surface area contributed by atoms with Crippen molar-refractivity contribution in [3.63, 3.8) is 0 Å². The molecule has 28 heavy (non-hydrogen) atoms. The number of carbonyl (C=O) groups excluding carboxylic acids is 1. The molecule has 0 bridgehead atoms. The smallest absolute Gasteiger partial charge is 0.205 e. The zero-order chi connectivity index (χ0) is 21.1. The highest BCUT2D eigenvalue weighted by molar-refractivity contribution is 5.82. The molecule has 0 saturated carbocycles. The monoisotopic (exact) mass is 395 g/mol. The van der Waals surface area contributed by atoms with Crippen LogP contribution < -0.4 is 5.73 Å². The van der Waals surface area contributed by atoms with Gasteiger partial charge in [0.1, 0.15) is 0 Å². The molecule has 0 aromatic heterocycles. The van der Waals surface area contributed by atoms with Gasteiger partial charge in [-0.1, -0.05) is 70.4 Å². The number of unbranched alkanes of at least 4 members (excludes halogenated alkanes) is 11. The van der Waals surface area contributed by atoms with E-state index in [9.17, 15) is 4.79 Å². The third kappa shape index (κ3) is 12.0. The van der Waals surface area contributed by atoms with Gasteiger partial charge in [-0.3, -0.25) is 10.5 Å². The molecule has 0 aliphatic heterocycles. The summed E-state index contributed by atoms with van der Waals surface area (Å²) in [6, 6.07) is 0. The van der Waals surface area contributed by atoms with Crippen LogP contribution in [0.3, 0.4) is 0 Å². The number of nitrogens with zero attached hydrogens (tertiary/aromatic N) is 1. The van der Waals surface area contributed by atoms with Gasteiger partial charge in [0.2, 0.25) is 11.9 Å². The zero-order valence-electron chi connectivity index (χ0n) is 19.7. The fraction of sp³-hybridized carbons (Fsp3) is 0.880. The Hall–Kier alpha value is -0.670. The van der Waals surface area contributed by atoms with Crippen molar-refractivity contribution in [1.82, 2.24) is 0 Å². The molecule has 0 aromatic rings. The first-order valence-electron chi connectivity index (χ1n) is 12.4. The van der Waals surface area contributed by atoms with E-state index in [1.54, 1.807) is 0 Å². The van der Waals surface area contributed by atoms with Crippen LogP contribution >= 0.6 is 0 Å². The molecule has 0 aromatic carbocycles. The van der Waals surface area contributed by atoms with Crippen LogP contribution in [-0.2, 0) is 4.79 Å². The van der Waals surface area contributed by atoms with Gasteiger partial charge < -0.3 is 4.48 Å². The Bertz CT molecular complexity index is 380. The average molecular weight is 396 g/mol. The first-order valence-corrected chi connectivity index (χ1v) is 12.4. The molecule has 0 aliphatic rings. The summed E-state index contributed by atoms with van der Waals surface area (Å²) in [5, 5.41) is 0. The molecule has 3 nitrogen and oxygen atoms in total. The van der Waals surface area contributed by atoms with Crippen LogP contribution in [-0.4, -0.2) is 36.1 Å². The van der Waals surface area contributed by atoms with E-state index in [1.807, 2.05) is 0 Å². The van der Waals surface area contributed by atoms with Gasteiger partial charge in [-0.15, -0.1) is 0 Å². The van der Waals surface area contributed by atoms with E-state index < -0.39 is 0 Å². The van der Waals surface area contributed by atoms with E-state index in [4.69, 9.17) is 5.73 Å². The number of nitrogens with two attached hydrogens (primary N) is 1. The standard InChI is InChI=1S/C25H51N2O/c1-5-9-10-11-12-13-14-15-16-17-18-19-20-21-22-23-24(28)25(26)27(6-2,7-3)8-4/h15-16,25H,5-14,17-23,26H2,1-4H3/q+1/b16-15-. The molecule has 0 aliphatic carbocycles. The summed E-state index contributed by atoms with van der Waals surface area (Å²) < 4.78 is 0.726. The van der Waals surface area contributed by atoms with E-state index in [2.05, 4.69) is 39.8 Å². The number of ketones is 1. The average Bonchev–Trinajstić information content (AvgIpc) is 2.72. The topological polar surface area (TPSA) is 43.1 Å². The normalized spacial score (nSPS) is 13.3. The molecule has 166 valence electrons.